The highest BCUT2D eigenvalue weighted by Crippen LogP contribution is 2.18. The number of benzene rings is 1. The Morgan fingerprint density at radius 1 is 1.21 bits per heavy atom. The van der Waals surface area contributed by atoms with Gasteiger partial charge in [0.25, 0.3) is 0 Å². The molecule has 0 aromatic heterocycles. The van der Waals surface area contributed by atoms with Crippen LogP contribution in [0.5, 0.6) is 0 Å². The summed E-state index contributed by atoms with van der Waals surface area (Å²) < 4.78 is 0. The van der Waals surface area contributed by atoms with E-state index in [9.17, 15) is 0 Å². The molecule has 14 heavy (non-hydrogen) atoms. The van der Waals surface area contributed by atoms with Crippen molar-refractivity contribution in [3.05, 3.63) is 24.3 Å². The summed E-state index contributed by atoms with van der Waals surface area (Å²) in [4.78, 5) is 0.929. The number of rotatable bonds is 4. The molecule has 4 heteroatoms. The predicted molar refractivity (Wildman–Crippen MR) is 56.6 cm³/mol. The fraction of sp³-hybridized carbons (Fsp3) is 0.200. The van der Waals surface area contributed by atoms with Gasteiger partial charge in [-0.3, -0.25) is 0 Å². The molecule has 0 spiro atoms. The van der Waals surface area contributed by atoms with Gasteiger partial charge in [-0.2, -0.15) is 10.5 Å². The molecule has 0 fully saturated rings. The number of nitrogens with one attached hydrogen (secondary N) is 1. The van der Waals surface area contributed by atoms with Gasteiger partial charge in [0.15, 0.2) is 0 Å². The average molecular weight is 203 g/mol. The summed E-state index contributed by atoms with van der Waals surface area (Å²) in [5.41, 5.74) is 0.975. The molecule has 0 aliphatic rings. The summed E-state index contributed by atoms with van der Waals surface area (Å²) in [5, 5.41) is 21.9. The molecule has 1 aromatic carbocycles. The number of hydrogen-bond acceptors (Lipinski definition) is 4. The Hall–Kier alpha value is -1.65. The number of thiocyanates is 1. The summed E-state index contributed by atoms with van der Waals surface area (Å²) in [6.45, 7) is 0.654. The zero-order valence-corrected chi connectivity index (χ0v) is 8.34. The van der Waals surface area contributed by atoms with Crippen molar-refractivity contribution in [1.82, 2.24) is 0 Å². The van der Waals surface area contributed by atoms with Crippen molar-refractivity contribution < 1.29 is 0 Å². The highest BCUT2D eigenvalue weighted by molar-refractivity contribution is 8.03. The first-order valence-corrected chi connectivity index (χ1v) is 4.95. The maximum Gasteiger partial charge on any atom is 0.138 e. The van der Waals surface area contributed by atoms with Crippen LogP contribution in [0, 0.1) is 22.0 Å². The Morgan fingerprint density at radius 3 is 2.50 bits per heavy atom. The third-order valence-electron chi connectivity index (χ3n) is 1.58. The van der Waals surface area contributed by atoms with Gasteiger partial charge in [-0.25, -0.2) is 0 Å². The van der Waals surface area contributed by atoms with Gasteiger partial charge in [0.2, 0.25) is 0 Å². The zero-order valence-electron chi connectivity index (χ0n) is 7.53. The maximum atomic E-state index is 8.42. The lowest BCUT2D eigenvalue weighted by atomic mass is 10.3. The SMILES string of the molecule is N#CCCNc1ccc(SC#N)cc1. The third kappa shape index (κ3) is 3.38. The fourth-order valence-corrected chi connectivity index (χ4v) is 1.33. The van der Waals surface area contributed by atoms with Crippen LogP contribution in [0.4, 0.5) is 5.69 Å². The number of hydrogen-bond donors (Lipinski definition) is 1. The zero-order chi connectivity index (χ0) is 10.2. The van der Waals surface area contributed by atoms with Gasteiger partial charge in [-0.15, -0.1) is 0 Å². The summed E-state index contributed by atoms with van der Waals surface area (Å²) in [7, 11) is 0. The molecule has 0 saturated carbocycles. The van der Waals surface area contributed by atoms with Gasteiger partial charge < -0.3 is 5.32 Å². The smallest absolute Gasteiger partial charge is 0.138 e. The van der Waals surface area contributed by atoms with Crippen molar-refractivity contribution in [3.63, 3.8) is 0 Å². The van der Waals surface area contributed by atoms with Gasteiger partial charge in [0.1, 0.15) is 5.40 Å². The predicted octanol–water partition coefficient (Wildman–Crippen LogP) is 2.59. The van der Waals surface area contributed by atoms with Gasteiger partial charge >= 0.3 is 0 Å². The molecule has 1 N–H and O–H groups in total. The quantitative estimate of drug-likeness (QED) is 0.464. The Bertz CT molecular complexity index is 358. The number of nitriles is 2. The molecule has 0 amide bonds. The topological polar surface area (TPSA) is 59.6 Å². The summed E-state index contributed by atoms with van der Waals surface area (Å²) in [5.74, 6) is 0. The van der Waals surface area contributed by atoms with Crippen LogP contribution in [0.3, 0.4) is 0 Å². The minimum absolute atomic E-state index is 0.495. The molecule has 1 rings (SSSR count). The lowest BCUT2D eigenvalue weighted by Crippen LogP contribution is -1.99. The second-order valence-corrected chi connectivity index (χ2v) is 3.41. The van der Waals surface area contributed by atoms with E-state index in [-0.39, 0.29) is 0 Å². The van der Waals surface area contributed by atoms with Crippen molar-refractivity contribution in [3.8, 4) is 11.5 Å². The second-order valence-electron chi connectivity index (χ2n) is 2.55. The number of anilines is 1. The monoisotopic (exact) mass is 203 g/mol. The number of nitrogens with zero attached hydrogens (tertiary/aromatic N) is 2. The van der Waals surface area contributed by atoms with Crippen molar-refractivity contribution in [2.75, 3.05) is 11.9 Å². The lowest BCUT2D eigenvalue weighted by Gasteiger charge is -2.03. The summed E-state index contributed by atoms with van der Waals surface area (Å²) >= 11 is 1.14. The molecule has 0 heterocycles. The lowest BCUT2D eigenvalue weighted by molar-refractivity contribution is 1.07. The molecule has 3 nitrogen and oxygen atoms in total. The molecule has 0 bridgehead atoms. The van der Waals surface area contributed by atoms with Crippen molar-refractivity contribution in [2.24, 2.45) is 0 Å². The van der Waals surface area contributed by atoms with E-state index in [1.54, 1.807) is 0 Å². The van der Waals surface area contributed by atoms with Gasteiger partial charge in [-0.05, 0) is 36.0 Å². The van der Waals surface area contributed by atoms with Crippen LogP contribution in [0.2, 0.25) is 0 Å². The molecule has 0 atom stereocenters. The van der Waals surface area contributed by atoms with Crippen molar-refractivity contribution in [2.45, 2.75) is 11.3 Å². The first-order valence-electron chi connectivity index (χ1n) is 4.13. The Balaban J connectivity index is 2.48. The van der Waals surface area contributed by atoms with E-state index in [0.717, 1.165) is 22.3 Å². The van der Waals surface area contributed by atoms with Crippen molar-refractivity contribution >= 4 is 17.4 Å². The molecular formula is C10H9N3S. The van der Waals surface area contributed by atoms with Crippen LogP contribution < -0.4 is 5.32 Å². The van der Waals surface area contributed by atoms with Crippen molar-refractivity contribution in [1.29, 1.82) is 10.5 Å². The first kappa shape index (κ1) is 10.4. The van der Waals surface area contributed by atoms with Crippen LogP contribution in [0.25, 0.3) is 0 Å². The van der Waals surface area contributed by atoms with E-state index in [4.69, 9.17) is 10.5 Å². The second kappa shape index (κ2) is 5.90. The number of thioether (sulfide) groups is 1. The standard InChI is InChI=1S/C10H9N3S/c11-6-1-7-13-9-2-4-10(5-3-9)14-8-12/h2-5,13H,1,7H2. The van der Waals surface area contributed by atoms with Gasteiger partial charge in [-0.1, -0.05) is 0 Å². The molecule has 0 aliphatic heterocycles. The third-order valence-corrected chi connectivity index (χ3v) is 2.18. The largest absolute Gasteiger partial charge is 0.384 e. The molecule has 1 aromatic rings. The van der Waals surface area contributed by atoms with Gasteiger partial charge in [0, 0.05) is 17.1 Å². The molecule has 0 radical (unpaired) electrons. The van der Waals surface area contributed by atoms with Crippen LogP contribution in [0.1, 0.15) is 6.42 Å². The van der Waals surface area contributed by atoms with Crippen LogP contribution in [-0.2, 0) is 0 Å². The maximum absolute atomic E-state index is 8.42. The minimum atomic E-state index is 0.495. The first-order chi connectivity index (χ1) is 6.86. The molecule has 0 saturated heterocycles. The Morgan fingerprint density at radius 2 is 1.93 bits per heavy atom. The minimum Gasteiger partial charge on any atom is -0.384 e. The molecule has 0 aliphatic carbocycles. The van der Waals surface area contributed by atoms with Gasteiger partial charge in [0.05, 0.1) is 12.5 Å². The summed E-state index contributed by atoms with van der Waals surface area (Å²) in [6.07, 6.45) is 0.495. The Kier molecular flexibility index (Phi) is 4.40. The van der Waals surface area contributed by atoms with Crippen LogP contribution in [-0.4, -0.2) is 6.54 Å². The normalized spacial score (nSPS) is 8.71. The molecule has 0 unspecified atom stereocenters. The van der Waals surface area contributed by atoms with E-state index in [0.29, 0.717) is 13.0 Å². The highest BCUT2D eigenvalue weighted by atomic mass is 32.2. The Labute approximate surface area is 87.3 Å². The van der Waals surface area contributed by atoms with E-state index in [1.807, 2.05) is 29.7 Å². The van der Waals surface area contributed by atoms with E-state index < -0.39 is 0 Å². The highest BCUT2D eigenvalue weighted by Gasteiger charge is 1.93. The van der Waals surface area contributed by atoms with E-state index in [2.05, 4.69) is 11.4 Å². The molecule has 70 valence electrons. The fourth-order valence-electron chi connectivity index (χ4n) is 0.956. The average Bonchev–Trinajstić information content (AvgIpc) is 2.21. The van der Waals surface area contributed by atoms with Crippen LogP contribution >= 0.6 is 11.8 Å². The summed E-state index contributed by atoms with van der Waals surface area (Å²) in [6, 6.07) is 9.61. The van der Waals surface area contributed by atoms with E-state index in [1.165, 1.54) is 0 Å². The van der Waals surface area contributed by atoms with Crippen LogP contribution in [0.15, 0.2) is 29.2 Å². The molecular weight excluding hydrogens is 194 g/mol. The van der Waals surface area contributed by atoms with E-state index >= 15 is 0 Å².